The third-order valence-corrected chi connectivity index (χ3v) is 10.9. The average Bonchev–Trinajstić information content (AvgIpc) is 3.20. The Bertz CT molecular complexity index is 1540. The van der Waals surface area contributed by atoms with Gasteiger partial charge < -0.3 is 70.1 Å². The monoisotopic (exact) mass is 838 g/mol. The number of carbonyl (C=O) groups excluding carboxylic acids is 5. The Balaban J connectivity index is 1.44. The Morgan fingerprint density at radius 3 is 1.98 bits per heavy atom. The molecular weight excluding hydrogens is 776 g/mol. The zero-order chi connectivity index (χ0) is 43.4. The third kappa shape index (κ3) is 13.5. The van der Waals surface area contributed by atoms with Gasteiger partial charge in [-0.05, 0) is 48.5 Å². The maximum atomic E-state index is 13.6. The summed E-state index contributed by atoms with van der Waals surface area (Å²) in [5.74, 6) is -2.78. The van der Waals surface area contributed by atoms with Crippen molar-refractivity contribution in [3.63, 3.8) is 0 Å². The van der Waals surface area contributed by atoms with Crippen LogP contribution in [0, 0.1) is 23.7 Å². The molecule has 1 aliphatic carbocycles. The summed E-state index contributed by atoms with van der Waals surface area (Å²) in [6.45, 7) is 8.84. The second kappa shape index (κ2) is 22.6. The molecule has 2 saturated heterocycles. The van der Waals surface area contributed by atoms with E-state index in [9.17, 15) is 44.4 Å². The summed E-state index contributed by atoms with van der Waals surface area (Å²) in [4.78, 5) is 64.1. The van der Waals surface area contributed by atoms with Gasteiger partial charge in [-0.1, -0.05) is 71.4 Å². The summed E-state index contributed by atoms with van der Waals surface area (Å²) in [7, 11) is 1.12. The number of aliphatic hydroxyl groups excluding tert-OH is 4. The third-order valence-electron chi connectivity index (χ3n) is 10.9. The summed E-state index contributed by atoms with van der Waals surface area (Å²) in [5.41, 5.74) is 0.715. The normalized spacial score (nSPS) is 32.2. The number of methoxy groups -OCH3 is 1. The van der Waals surface area contributed by atoms with E-state index >= 15 is 0 Å². The predicted molar refractivity (Wildman–Crippen MR) is 206 cm³/mol. The van der Waals surface area contributed by atoms with Crippen LogP contribution in [0.1, 0.15) is 65.9 Å². The van der Waals surface area contributed by atoms with Crippen LogP contribution in [0.2, 0.25) is 0 Å². The number of ether oxygens (including phenoxy) is 6. The fourth-order valence-electron chi connectivity index (χ4n) is 7.33. The molecule has 0 spiro atoms. The van der Waals surface area contributed by atoms with Crippen LogP contribution in [0.5, 0.6) is 0 Å². The van der Waals surface area contributed by atoms with E-state index in [-0.39, 0.29) is 37.1 Å². The molecule has 2 aliphatic heterocycles. The number of esters is 1. The number of rotatable bonds is 17. The van der Waals surface area contributed by atoms with Crippen molar-refractivity contribution in [2.75, 3.05) is 26.8 Å². The molecule has 0 bridgehead atoms. The molecule has 2 heterocycles. The van der Waals surface area contributed by atoms with Crippen molar-refractivity contribution in [3.8, 4) is 0 Å². The Hall–Kier alpha value is -3.95. The zero-order valence-corrected chi connectivity index (χ0v) is 34.5. The van der Waals surface area contributed by atoms with Crippen molar-refractivity contribution >= 4 is 29.8 Å². The SMILES string of the molecule is COC(=O)CNC(=O)[C@H]1O[C@@H](OCCC(C)C)[C@H](NC(=O)CNC(=O)[C@H]2O[C@H](OC3CC(C)CCC3C(C)C)[C@H](NC(=O)OCc3ccccc3)[C@@H](O)[C@@H]2O)[C@@H](O)[C@@H]1O. The topological polar surface area (TPSA) is 270 Å². The van der Waals surface area contributed by atoms with Crippen molar-refractivity contribution in [1.82, 2.24) is 21.3 Å². The van der Waals surface area contributed by atoms with E-state index in [4.69, 9.17) is 23.7 Å². The van der Waals surface area contributed by atoms with Gasteiger partial charge >= 0.3 is 12.1 Å². The molecule has 1 aromatic carbocycles. The molecule has 332 valence electrons. The Labute approximate surface area is 344 Å². The van der Waals surface area contributed by atoms with Gasteiger partial charge in [-0.3, -0.25) is 19.2 Å². The van der Waals surface area contributed by atoms with Crippen LogP contribution < -0.4 is 21.3 Å². The first-order valence-corrected chi connectivity index (χ1v) is 20.2. The first-order valence-electron chi connectivity index (χ1n) is 20.2. The fraction of sp³-hybridized carbons (Fsp3) is 0.725. The molecule has 8 N–H and O–H groups in total. The lowest BCUT2D eigenvalue weighted by atomic mass is 9.75. The predicted octanol–water partition coefficient (Wildman–Crippen LogP) is -0.395. The molecule has 0 aromatic heterocycles. The van der Waals surface area contributed by atoms with Crippen LogP contribution in [0.3, 0.4) is 0 Å². The van der Waals surface area contributed by atoms with E-state index in [0.29, 0.717) is 24.3 Å². The molecule has 19 heteroatoms. The number of carbonyl (C=O) groups is 5. The maximum Gasteiger partial charge on any atom is 0.407 e. The molecule has 13 atom stereocenters. The minimum Gasteiger partial charge on any atom is -0.468 e. The summed E-state index contributed by atoms with van der Waals surface area (Å²) in [6, 6.07) is 6.13. The van der Waals surface area contributed by atoms with E-state index in [1.807, 2.05) is 19.9 Å². The van der Waals surface area contributed by atoms with Crippen LogP contribution >= 0.6 is 0 Å². The number of alkyl carbamates (subject to hydrolysis) is 1. The van der Waals surface area contributed by atoms with Crippen molar-refractivity contribution in [3.05, 3.63) is 35.9 Å². The van der Waals surface area contributed by atoms with Gasteiger partial charge in [0.25, 0.3) is 11.8 Å². The van der Waals surface area contributed by atoms with Gasteiger partial charge in [-0.25, -0.2) is 4.79 Å². The number of benzene rings is 1. The highest BCUT2D eigenvalue weighted by atomic mass is 16.7. The molecule has 0 radical (unpaired) electrons. The standard InChI is InChI=1S/C40H62N4O15/c1-20(2)14-15-55-38-28(30(47)32(49)34(58-38)37(52)42-18-27(46)54-6)43-26(45)17-41-36(51)35-33(50)31(48)29(44-40(53)56-19-23-10-8-7-9-11-23)39(59-35)57-25-16-22(5)12-13-24(25)21(3)4/h7-11,20-22,24-25,28-35,38-39,47-50H,12-19H2,1-6H3,(H,41,51)(H,42,52)(H,43,45)(H,44,53)/t22?,24?,25?,28-,29-,30-,31-,32+,33+,34+,35+,38-,39+/m1/s1. The Kier molecular flexibility index (Phi) is 18.3. The number of nitrogens with one attached hydrogen (secondary N) is 4. The van der Waals surface area contributed by atoms with Crippen LogP contribution in [-0.4, -0.2) is 144 Å². The summed E-state index contributed by atoms with van der Waals surface area (Å²) in [5, 5.41) is 54.0. The van der Waals surface area contributed by atoms with Crippen LogP contribution in [-0.2, 0) is 54.2 Å². The van der Waals surface area contributed by atoms with Crippen LogP contribution in [0.25, 0.3) is 0 Å². The fourth-order valence-corrected chi connectivity index (χ4v) is 7.33. The summed E-state index contributed by atoms with van der Waals surface area (Å²) < 4.78 is 33.8. The number of amides is 4. The van der Waals surface area contributed by atoms with Gasteiger partial charge in [0, 0.05) is 0 Å². The summed E-state index contributed by atoms with van der Waals surface area (Å²) in [6.07, 6.45) is -11.9. The molecule has 3 unspecified atom stereocenters. The van der Waals surface area contributed by atoms with E-state index in [1.165, 1.54) is 0 Å². The maximum absolute atomic E-state index is 13.6. The highest BCUT2D eigenvalue weighted by Crippen LogP contribution is 2.37. The minimum absolute atomic E-state index is 0.0756. The smallest absolute Gasteiger partial charge is 0.407 e. The Morgan fingerprint density at radius 1 is 0.797 bits per heavy atom. The number of hydrogen-bond donors (Lipinski definition) is 8. The molecule has 1 aromatic rings. The molecule has 3 fully saturated rings. The van der Waals surface area contributed by atoms with Crippen molar-refractivity contribution in [1.29, 1.82) is 0 Å². The molecule has 59 heavy (non-hydrogen) atoms. The number of hydrogen-bond acceptors (Lipinski definition) is 15. The largest absolute Gasteiger partial charge is 0.468 e. The average molecular weight is 839 g/mol. The van der Waals surface area contributed by atoms with Gasteiger partial charge in [0.1, 0.15) is 49.7 Å². The van der Waals surface area contributed by atoms with Gasteiger partial charge in [0.2, 0.25) is 5.91 Å². The van der Waals surface area contributed by atoms with E-state index in [1.54, 1.807) is 24.3 Å². The van der Waals surface area contributed by atoms with Gasteiger partial charge in [0.05, 0.1) is 26.4 Å². The molecule has 3 aliphatic rings. The first-order chi connectivity index (χ1) is 28.0. The highest BCUT2D eigenvalue weighted by molar-refractivity contribution is 5.88. The van der Waals surface area contributed by atoms with Gasteiger partial charge in [-0.2, -0.15) is 0 Å². The van der Waals surface area contributed by atoms with Crippen LogP contribution in [0.15, 0.2) is 30.3 Å². The second-order valence-electron chi connectivity index (χ2n) is 16.2. The highest BCUT2D eigenvalue weighted by Gasteiger charge is 2.51. The minimum atomic E-state index is -1.90. The van der Waals surface area contributed by atoms with Gasteiger partial charge in [0.15, 0.2) is 24.8 Å². The van der Waals surface area contributed by atoms with Crippen molar-refractivity contribution in [2.24, 2.45) is 23.7 Å². The van der Waals surface area contributed by atoms with Crippen molar-refractivity contribution < 1.29 is 72.8 Å². The Morgan fingerprint density at radius 2 is 1.39 bits per heavy atom. The molecule has 4 rings (SSSR count). The molecule has 4 amide bonds. The molecule has 1 saturated carbocycles. The summed E-state index contributed by atoms with van der Waals surface area (Å²) >= 11 is 0. The van der Waals surface area contributed by atoms with Gasteiger partial charge in [-0.15, -0.1) is 0 Å². The van der Waals surface area contributed by atoms with Crippen LogP contribution in [0.4, 0.5) is 4.79 Å². The molecule has 19 nitrogen and oxygen atoms in total. The van der Waals surface area contributed by atoms with Crippen molar-refractivity contribution in [2.45, 2.75) is 134 Å². The lowest BCUT2D eigenvalue weighted by Gasteiger charge is -2.45. The molecular formula is C40H62N4O15. The van der Waals surface area contributed by atoms with E-state index in [0.717, 1.165) is 20.0 Å². The lowest BCUT2D eigenvalue weighted by molar-refractivity contribution is -0.280. The van der Waals surface area contributed by atoms with E-state index in [2.05, 4.69) is 46.8 Å². The first kappa shape index (κ1) is 47.7. The zero-order valence-electron chi connectivity index (χ0n) is 34.5. The lowest BCUT2D eigenvalue weighted by Crippen LogP contribution is -2.68. The second-order valence-corrected chi connectivity index (χ2v) is 16.2. The van der Waals surface area contributed by atoms with E-state index < -0.39 is 104 Å². The number of aliphatic hydroxyl groups is 4. The quantitative estimate of drug-likeness (QED) is 0.0929.